The summed E-state index contributed by atoms with van der Waals surface area (Å²) in [6, 6.07) is 35.7. The number of pyridine rings is 1. The smallest absolute Gasteiger partial charge is 0.278 e. The number of hydrogen-bond acceptors (Lipinski definition) is 8. The van der Waals surface area contributed by atoms with E-state index in [1.807, 2.05) is 116 Å². The van der Waals surface area contributed by atoms with Crippen molar-refractivity contribution in [2.24, 2.45) is 0 Å². The molecule has 2 heterocycles. The second-order valence-electron chi connectivity index (χ2n) is 14.6. The van der Waals surface area contributed by atoms with Gasteiger partial charge in [-0.05, 0) is 66.4 Å². The van der Waals surface area contributed by atoms with E-state index in [1.165, 1.54) is 12.3 Å². The van der Waals surface area contributed by atoms with Crippen LogP contribution in [-0.2, 0) is 24.6 Å². The molecule has 10 nitrogen and oxygen atoms in total. The summed E-state index contributed by atoms with van der Waals surface area (Å²) in [5.41, 5.74) is 2.97. The molecule has 0 saturated carbocycles. The summed E-state index contributed by atoms with van der Waals surface area (Å²) < 4.78 is 62.1. The highest BCUT2D eigenvalue weighted by Crippen LogP contribution is 2.41. The fourth-order valence-corrected chi connectivity index (χ4v) is 7.42. The number of halogens is 2. The third-order valence-corrected chi connectivity index (χ3v) is 10.4. The van der Waals surface area contributed by atoms with Crippen LogP contribution in [0.4, 0.5) is 8.78 Å². The largest absolute Gasteiger partial charge is 0.497 e. The second-order valence-corrected chi connectivity index (χ2v) is 14.6. The molecule has 1 aliphatic rings. The van der Waals surface area contributed by atoms with Gasteiger partial charge in [0.15, 0.2) is 23.1 Å². The van der Waals surface area contributed by atoms with E-state index in [0.29, 0.717) is 17.9 Å². The molecule has 0 radical (unpaired) electrons. The van der Waals surface area contributed by atoms with Gasteiger partial charge in [-0.1, -0.05) is 84.9 Å². The van der Waals surface area contributed by atoms with Crippen LogP contribution in [0, 0.1) is 11.6 Å². The van der Waals surface area contributed by atoms with E-state index >= 15 is 8.78 Å². The number of carbonyl (C=O) groups is 1. The van der Waals surface area contributed by atoms with Gasteiger partial charge in [-0.25, -0.2) is 8.78 Å². The number of ether oxygens (including phenoxy) is 5. The molecule has 0 aliphatic carbocycles. The topological polar surface area (TPSA) is 91.7 Å². The summed E-state index contributed by atoms with van der Waals surface area (Å²) in [4.78, 5) is 30.4. The zero-order valence-corrected chi connectivity index (χ0v) is 33.9. The molecule has 5 aromatic carbocycles. The maximum atomic E-state index is 15.7. The summed E-state index contributed by atoms with van der Waals surface area (Å²) >= 11 is 0. The molecular weight excluding hydrogens is 769 g/mol. The highest BCUT2D eigenvalue weighted by Gasteiger charge is 2.45. The monoisotopic (exact) mass is 815 g/mol. The van der Waals surface area contributed by atoms with Gasteiger partial charge in [0.2, 0.25) is 5.43 Å². The lowest BCUT2D eigenvalue weighted by Crippen LogP contribution is -2.64. The first-order chi connectivity index (χ1) is 29.2. The van der Waals surface area contributed by atoms with Crippen LogP contribution in [-0.4, -0.2) is 48.5 Å². The lowest BCUT2D eigenvalue weighted by atomic mass is 9.95. The van der Waals surface area contributed by atoms with Crippen LogP contribution < -0.4 is 29.4 Å². The molecule has 0 fully saturated rings. The van der Waals surface area contributed by atoms with Crippen molar-refractivity contribution in [3.05, 3.63) is 189 Å². The average molecular weight is 816 g/mol. The van der Waals surface area contributed by atoms with Crippen LogP contribution >= 0.6 is 0 Å². The second kappa shape index (κ2) is 18.9. The maximum Gasteiger partial charge on any atom is 0.278 e. The summed E-state index contributed by atoms with van der Waals surface area (Å²) in [5, 5.41) is 1.91. The standard InChI is InChI=1S/C48H47F2N3O7/c1-32(2)52-44(24-26-58-29-34-15-19-37(56-3)20-16-34)53(51-25-23-42(54)47(46(51)48(52)55)60-31-33-11-7-5-8-12-33)45(36-13-9-6-10-14-36)39-27-40(49)41(50)28-43(39)59-30-35-17-21-38(57-4)22-18-35/h5-23,25,27-28,32,44-45H,24,26,29-31H2,1-4H3. The Kier molecular flexibility index (Phi) is 13.1. The SMILES string of the molecule is COc1ccc(COCCC2N(C(C)C)C(=O)c3c(OCc4ccccc4)c(=O)ccn3N2C(c2ccccc2)c2cc(F)c(F)cc2OCc2ccc(OC)cc2)cc1. The molecule has 60 heavy (non-hydrogen) atoms. The number of nitrogens with zero attached hydrogens (tertiary/aromatic N) is 3. The Balaban J connectivity index is 1.37. The van der Waals surface area contributed by atoms with Crippen molar-refractivity contribution >= 4 is 5.91 Å². The van der Waals surface area contributed by atoms with E-state index < -0.39 is 41.2 Å². The first-order valence-electron chi connectivity index (χ1n) is 19.7. The van der Waals surface area contributed by atoms with Gasteiger partial charge < -0.3 is 28.6 Å². The molecule has 0 N–H and O–H groups in total. The molecule has 310 valence electrons. The molecule has 12 heteroatoms. The van der Waals surface area contributed by atoms with Gasteiger partial charge in [-0.3, -0.25) is 19.3 Å². The molecule has 1 aliphatic heterocycles. The van der Waals surface area contributed by atoms with Crippen LogP contribution in [0.5, 0.6) is 23.0 Å². The zero-order chi connectivity index (χ0) is 42.2. The molecule has 2 atom stereocenters. The minimum absolute atomic E-state index is 0.00764. The van der Waals surface area contributed by atoms with Gasteiger partial charge in [0.1, 0.15) is 42.7 Å². The number of rotatable bonds is 17. The van der Waals surface area contributed by atoms with Crippen LogP contribution in [0.2, 0.25) is 0 Å². The molecular formula is C48H47F2N3O7. The number of carbonyl (C=O) groups excluding carboxylic acids is 1. The molecule has 1 aromatic heterocycles. The molecule has 2 unspecified atom stereocenters. The minimum Gasteiger partial charge on any atom is -0.497 e. The van der Waals surface area contributed by atoms with E-state index in [1.54, 1.807) is 35.9 Å². The lowest BCUT2D eigenvalue weighted by Gasteiger charge is -2.51. The molecule has 6 aromatic rings. The van der Waals surface area contributed by atoms with Crippen LogP contribution in [0.1, 0.15) is 64.6 Å². The number of hydrogen-bond donors (Lipinski definition) is 0. The number of amides is 1. The van der Waals surface area contributed by atoms with Crippen molar-refractivity contribution in [1.29, 1.82) is 0 Å². The minimum atomic E-state index is -1.09. The van der Waals surface area contributed by atoms with E-state index in [4.69, 9.17) is 23.7 Å². The van der Waals surface area contributed by atoms with Gasteiger partial charge in [-0.15, -0.1) is 0 Å². The molecule has 7 rings (SSSR count). The Morgan fingerprint density at radius 3 is 1.85 bits per heavy atom. The highest BCUT2D eigenvalue weighted by molar-refractivity contribution is 5.97. The summed E-state index contributed by atoms with van der Waals surface area (Å²) in [6.07, 6.45) is 1.06. The first kappa shape index (κ1) is 41.5. The van der Waals surface area contributed by atoms with Gasteiger partial charge in [-0.2, -0.15) is 0 Å². The van der Waals surface area contributed by atoms with Gasteiger partial charge >= 0.3 is 0 Å². The summed E-state index contributed by atoms with van der Waals surface area (Å²) in [6.45, 7) is 4.34. The van der Waals surface area contributed by atoms with E-state index in [2.05, 4.69) is 0 Å². The lowest BCUT2D eigenvalue weighted by molar-refractivity contribution is 0.0333. The highest BCUT2D eigenvalue weighted by atomic mass is 19.2. The van der Waals surface area contributed by atoms with Crippen LogP contribution in [0.3, 0.4) is 0 Å². The van der Waals surface area contributed by atoms with Crippen LogP contribution in [0.15, 0.2) is 138 Å². The average Bonchev–Trinajstić information content (AvgIpc) is 3.27. The predicted octanol–water partition coefficient (Wildman–Crippen LogP) is 8.83. The van der Waals surface area contributed by atoms with Crippen molar-refractivity contribution in [3.8, 4) is 23.0 Å². The van der Waals surface area contributed by atoms with Gasteiger partial charge in [0.05, 0.1) is 27.4 Å². The fraction of sp³-hybridized carbons (Fsp3) is 0.250. The Morgan fingerprint density at radius 1 is 0.667 bits per heavy atom. The van der Waals surface area contributed by atoms with Crippen LogP contribution in [0.25, 0.3) is 0 Å². The van der Waals surface area contributed by atoms with Gasteiger partial charge in [0.25, 0.3) is 5.91 Å². The number of fused-ring (bicyclic) bond motifs is 1. The fourth-order valence-electron chi connectivity index (χ4n) is 7.42. The van der Waals surface area contributed by atoms with Gasteiger partial charge in [0, 0.05) is 36.4 Å². The Bertz CT molecular complexity index is 2430. The zero-order valence-electron chi connectivity index (χ0n) is 33.9. The normalized spacial score (nSPS) is 14.2. The summed E-state index contributed by atoms with van der Waals surface area (Å²) in [7, 11) is 3.18. The Morgan fingerprint density at radius 2 is 1.23 bits per heavy atom. The predicted molar refractivity (Wildman–Crippen MR) is 224 cm³/mol. The molecule has 1 amide bonds. The van der Waals surface area contributed by atoms with Crippen molar-refractivity contribution in [3.63, 3.8) is 0 Å². The third kappa shape index (κ3) is 9.14. The summed E-state index contributed by atoms with van der Waals surface area (Å²) in [5.74, 6) is -1.26. The molecule has 0 saturated heterocycles. The number of methoxy groups -OCH3 is 2. The number of benzene rings is 5. The Hall–Kier alpha value is -6.66. The third-order valence-electron chi connectivity index (χ3n) is 10.4. The first-order valence-corrected chi connectivity index (χ1v) is 19.7. The van der Waals surface area contributed by atoms with E-state index in [-0.39, 0.29) is 49.0 Å². The van der Waals surface area contributed by atoms with Crippen molar-refractivity contribution < 1.29 is 37.3 Å². The Labute approximate surface area is 348 Å². The molecule has 0 bridgehead atoms. The number of aromatic nitrogens is 1. The van der Waals surface area contributed by atoms with E-state index in [9.17, 15) is 9.59 Å². The van der Waals surface area contributed by atoms with E-state index in [0.717, 1.165) is 34.6 Å². The molecule has 0 spiro atoms. The van der Waals surface area contributed by atoms with Crippen molar-refractivity contribution in [2.75, 3.05) is 25.8 Å². The quantitative estimate of drug-likeness (QED) is 0.0845. The maximum absolute atomic E-state index is 15.7. The van der Waals surface area contributed by atoms with Crippen molar-refractivity contribution in [1.82, 2.24) is 9.58 Å². The van der Waals surface area contributed by atoms with Crippen molar-refractivity contribution in [2.45, 2.75) is 58.3 Å².